The minimum absolute atomic E-state index is 0.175. The van der Waals surface area contributed by atoms with Crippen molar-refractivity contribution in [3.05, 3.63) is 0 Å². The van der Waals surface area contributed by atoms with Crippen LogP contribution >= 0.6 is 0 Å². The Kier molecular flexibility index (Phi) is 11.6. The predicted molar refractivity (Wildman–Crippen MR) is 131 cm³/mol. The molecule has 4 fully saturated rings. The van der Waals surface area contributed by atoms with Gasteiger partial charge in [0, 0.05) is 7.11 Å². The molecule has 4 saturated carbocycles. The number of fused-ring (bicyclic) bond motifs is 5. The lowest BCUT2D eigenvalue weighted by molar-refractivity contribution is -0.208. The van der Waals surface area contributed by atoms with Crippen LogP contribution in [0.2, 0.25) is 0 Å². The number of hydrogen-bond donors (Lipinski definition) is 1. The third-order valence-corrected chi connectivity index (χ3v) is 9.96. The summed E-state index contributed by atoms with van der Waals surface area (Å²) in [6.45, 7) is 15.3. The van der Waals surface area contributed by atoms with E-state index in [0.29, 0.717) is 30.1 Å². The van der Waals surface area contributed by atoms with E-state index in [2.05, 4.69) is 20.8 Å². The van der Waals surface area contributed by atoms with Crippen molar-refractivity contribution in [2.45, 2.75) is 125 Å². The first-order valence-corrected chi connectivity index (χ1v) is 13.7. The van der Waals surface area contributed by atoms with Crippen molar-refractivity contribution in [2.75, 3.05) is 7.11 Å². The molecule has 192 valence electrons. The molecule has 4 rings (SSSR count). The van der Waals surface area contributed by atoms with Crippen molar-refractivity contribution in [2.24, 2.45) is 46.3 Å². The Morgan fingerprint density at radius 2 is 1.34 bits per heavy atom. The van der Waals surface area contributed by atoms with Crippen molar-refractivity contribution >= 4 is 0 Å². The van der Waals surface area contributed by atoms with Crippen LogP contribution in [0.1, 0.15) is 119 Å². The van der Waals surface area contributed by atoms with E-state index in [-0.39, 0.29) is 5.41 Å². The Balaban J connectivity index is 0.000000789. The molecule has 8 atom stereocenters. The Labute approximate surface area is 197 Å². The fourth-order valence-electron chi connectivity index (χ4n) is 8.49. The van der Waals surface area contributed by atoms with E-state index in [9.17, 15) is 13.2 Å². The molecule has 4 aliphatic carbocycles. The number of alkyl halides is 3. The van der Waals surface area contributed by atoms with Crippen LogP contribution in [-0.4, -0.2) is 18.4 Å². The standard InChI is InChI=1S/C23H37F3.2C2H6.CH4O/c1-4-5-15-7-9-19-18-8-6-16-14-17(23(24,25)26)10-12-22(16,3)20(18)11-13-21(15,19)2;3*1-2/h15-20H,4-14H2,1-3H3;2*1-2H3;2H,1H3. The zero-order valence-corrected chi connectivity index (χ0v) is 22.3. The molecule has 0 aromatic rings. The molecule has 32 heavy (non-hydrogen) atoms. The summed E-state index contributed by atoms with van der Waals surface area (Å²) in [6, 6.07) is 0. The van der Waals surface area contributed by atoms with Gasteiger partial charge in [0.05, 0.1) is 5.92 Å². The third-order valence-electron chi connectivity index (χ3n) is 9.96. The molecule has 1 N–H and O–H groups in total. The molecule has 4 aliphatic rings. The van der Waals surface area contributed by atoms with Crippen LogP contribution in [0.4, 0.5) is 13.2 Å². The van der Waals surface area contributed by atoms with Crippen LogP contribution in [0.25, 0.3) is 0 Å². The molecule has 0 saturated heterocycles. The van der Waals surface area contributed by atoms with E-state index >= 15 is 0 Å². The molecule has 0 spiro atoms. The van der Waals surface area contributed by atoms with E-state index < -0.39 is 12.1 Å². The second-order valence-electron chi connectivity index (χ2n) is 10.8. The maximum atomic E-state index is 13.3. The van der Waals surface area contributed by atoms with Gasteiger partial charge >= 0.3 is 6.18 Å². The van der Waals surface area contributed by atoms with Crippen LogP contribution in [0.5, 0.6) is 0 Å². The summed E-state index contributed by atoms with van der Waals surface area (Å²) in [6.07, 6.45) is 7.91. The molecular weight excluding hydrogens is 409 g/mol. The number of aliphatic hydroxyl groups is 1. The van der Waals surface area contributed by atoms with E-state index in [1.54, 1.807) is 0 Å². The van der Waals surface area contributed by atoms with Gasteiger partial charge in [-0.2, -0.15) is 13.2 Å². The normalized spacial score (nSPS) is 42.4. The quantitative estimate of drug-likeness (QED) is 0.433. The van der Waals surface area contributed by atoms with Gasteiger partial charge in [-0.3, -0.25) is 0 Å². The highest BCUT2D eigenvalue weighted by Gasteiger charge is 2.61. The Morgan fingerprint density at radius 3 is 1.91 bits per heavy atom. The smallest absolute Gasteiger partial charge is 0.391 e. The SMILES string of the molecule is CC.CC.CCCC1CCC2C3CCC4CC(C(F)(F)F)CCC4(C)C3CCC12C.CO. The average Bonchev–Trinajstić information content (AvgIpc) is 3.13. The van der Waals surface area contributed by atoms with E-state index in [1.165, 1.54) is 44.9 Å². The summed E-state index contributed by atoms with van der Waals surface area (Å²) in [5.74, 6) is 2.49. The Hall–Kier alpha value is -0.250. The van der Waals surface area contributed by atoms with Crippen molar-refractivity contribution in [1.82, 2.24) is 0 Å². The van der Waals surface area contributed by atoms with E-state index in [4.69, 9.17) is 5.11 Å². The van der Waals surface area contributed by atoms with Gasteiger partial charge in [-0.15, -0.1) is 0 Å². The summed E-state index contributed by atoms with van der Waals surface area (Å²) in [4.78, 5) is 0. The van der Waals surface area contributed by atoms with Gasteiger partial charge < -0.3 is 5.11 Å². The Morgan fingerprint density at radius 1 is 0.781 bits per heavy atom. The minimum atomic E-state index is -3.98. The second kappa shape index (κ2) is 12.5. The van der Waals surface area contributed by atoms with Crippen LogP contribution in [0.3, 0.4) is 0 Å². The van der Waals surface area contributed by atoms with Gasteiger partial charge in [0.25, 0.3) is 0 Å². The molecule has 0 amide bonds. The number of aliphatic hydroxyl groups excluding tert-OH is 1. The van der Waals surface area contributed by atoms with Gasteiger partial charge in [-0.1, -0.05) is 61.3 Å². The number of rotatable bonds is 2. The first-order chi connectivity index (χ1) is 15.2. The third kappa shape index (κ3) is 5.52. The molecule has 4 heteroatoms. The fourth-order valence-corrected chi connectivity index (χ4v) is 8.49. The molecule has 0 aromatic heterocycles. The lowest BCUT2D eigenvalue weighted by Gasteiger charge is -2.61. The van der Waals surface area contributed by atoms with Crippen LogP contribution in [-0.2, 0) is 0 Å². The molecule has 0 bridgehead atoms. The van der Waals surface area contributed by atoms with Gasteiger partial charge in [0.1, 0.15) is 0 Å². The van der Waals surface area contributed by atoms with Crippen molar-refractivity contribution in [1.29, 1.82) is 0 Å². The molecular formula is C28H53F3O. The zero-order valence-electron chi connectivity index (χ0n) is 22.3. The summed E-state index contributed by atoms with van der Waals surface area (Å²) in [5, 5.41) is 7.00. The first-order valence-electron chi connectivity index (χ1n) is 13.7. The topological polar surface area (TPSA) is 20.2 Å². The molecule has 8 unspecified atom stereocenters. The van der Waals surface area contributed by atoms with Gasteiger partial charge in [-0.25, -0.2) is 0 Å². The molecule has 0 aliphatic heterocycles. The fraction of sp³-hybridized carbons (Fsp3) is 1.00. The molecule has 0 radical (unpaired) electrons. The summed E-state index contributed by atoms with van der Waals surface area (Å²) < 4.78 is 39.9. The van der Waals surface area contributed by atoms with Crippen molar-refractivity contribution in [3.8, 4) is 0 Å². The summed E-state index contributed by atoms with van der Waals surface area (Å²) in [5.41, 5.74) is 0.693. The van der Waals surface area contributed by atoms with Crippen LogP contribution in [0.15, 0.2) is 0 Å². The van der Waals surface area contributed by atoms with E-state index in [0.717, 1.165) is 37.7 Å². The van der Waals surface area contributed by atoms with Gasteiger partial charge in [0.15, 0.2) is 0 Å². The molecule has 0 aromatic carbocycles. The maximum Gasteiger partial charge on any atom is 0.391 e. The highest BCUT2D eigenvalue weighted by Crippen LogP contribution is 2.68. The molecule has 1 nitrogen and oxygen atoms in total. The number of halogens is 3. The first kappa shape index (κ1) is 29.8. The van der Waals surface area contributed by atoms with Crippen molar-refractivity contribution in [3.63, 3.8) is 0 Å². The Bertz CT molecular complexity index is 533. The average molecular weight is 463 g/mol. The minimum Gasteiger partial charge on any atom is -0.400 e. The lowest BCUT2D eigenvalue weighted by Crippen LogP contribution is -2.54. The van der Waals surface area contributed by atoms with Crippen LogP contribution < -0.4 is 0 Å². The monoisotopic (exact) mass is 462 g/mol. The van der Waals surface area contributed by atoms with Crippen LogP contribution in [0, 0.1) is 46.3 Å². The molecule has 0 heterocycles. The maximum absolute atomic E-state index is 13.3. The van der Waals surface area contributed by atoms with Gasteiger partial charge in [-0.05, 0) is 98.2 Å². The van der Waals surface area contributed by atoms with Crippen molar-refractivity contribution < 1.29 is 18.3 Å². The summed E-state index contributed by atoms with van der Waals surface area (Å²) in [7, 11) is 1.00. The highest BCUT2D eigenvalue weighted by molar-refractivity contribution is 5.09. The lowest BCUT2D eigenvalue weighted by atomic mass is 9.44. The second-order valence-corrected chi connectivity index (χ2v) is 10.8. The zero-order chi connectivity index (χ0) is 24.7. The highest BCUT2D eigenvalue weighted by atomic mass is 19.4. The van der Waals surface area contributed by atoms with Gasteiger partial charge in [0.2, 0.25) is 0 Å². The predicted octanol–water partition coefficient (Wildman–Crippen LogP) is 9.28. The largest absolute Gasteiger partial charge is 0.400 e. The van der Waals surface area contributed by atoms with E-state index in [1.807, 2.05) is 27.7 Å². The summed E-state index contributed by atoms with van der Waals surface area (Å²) >= 11 is 0. The number of hydrogen-bond acceptors (Lipinski definition) is 1.